The number of amides is 2. The molecule has 4 aromatic rings. The minimum absolute atomic E-state index is 0.0281. The first-order valence-electron chi connectivity index (χ1n) is 15.7. The number of carbonyl (C=O) groups excluding carboxylic acids is 2. The highest BCUT2D eigenvalue weighted by atomic mass is 35.5. The van der Waals surface area contributed by atoms with Crippen LogP contribution >= 0.6 is 11.6 Å². The molecule has 2 aromatic heterocycles. The van der Waals surface area contributed by atoms with Crippen LogP contribution in [0.3, 0.4) is 0 Å². The third kappa shape index (κ3) is 10.2. The van der Waals surface area contributed by atoms with Crippen LogP contribution in [0.5, 0.6) is 0 Å². The van der Waals surface area contributed by atoms with Crippen LogP contribution in [0.25, 0.3) is 11.1 Å². The van der Waals surface area contributed by atoms with Crippen LogP contribution in [-0.2, 0) is 17.6 Å². The number of anilines is 2. The molecule has 0 aliphatic rings. The van der Waals surface area contributed by atoms with Gasteiger partial charge in [-0.05, 0) is 73.7 Å². The highest BCUT2D eigenvalue weighted by molar-refractivity contribution is 6.31. The van der Waals surface area contributed by atoms with Crippen molar-refractivity contribution in [2.45, 2.75) is 57.4 Å². The predicted molar refractivity (Wildman–Crippen MR) is 186 cm³/mol. The summed E-state index contributed by atoms with van der Waals surface area (Å²) in [6.45, 7) is 1.04. The molecule has 0 fully saturated rings. The van der Waals surface area contributed by atoms with E-state index in [-0.39, 0.29) is 40.4 Å². The zero-order valence-electron chi connectivity index (χ0n) is 26.9. The SMILES string of the molecule is CN(C(=O)CCc1ccc(-c2ccc(CCCCN=C(N)NC(=O)c3nc(Cl)c(N)nc3N)cc2)cc1)C(CCCCN)c1nn[nH]n1. The Kier molecular flexibility index (Phi) is 13.1. The first-order valence-corrected chi connectivity index (χ1v) is 16.1. The fourth-order valence-corrected chi connectivity index (χ4v) is 5.21. The average Bonchev–Trinajstić information content (AvgIpc) is 3.62. The Hall–Kier alpha value is -5.15. The number of halogens is 1. The summed E-state index contributed by atoms with van der Waals surface area (Å²) in [5.74, 6) is -0.395. The minimum atomic E-state index is -0.669. The van der Waals surface area contributed by atoms with Gasteiger partial charge in [0.2, 0.25) is 5.91 Å². The number of guanidine groups is 1. The molecule has 1 atom stereocenters. The van der Waals surface area contributed by atoms with E-state index >= 15 is 0 Å². The Morgan fingerprint density at radius 3 is 2.23 bits per heavy atom. The molecule has 2 aromatic carbocycles. The molecule has 15 nitrogen and oxygen atoms in total. The molecule has 4 rings (SSSR count). The number of aromatic nitrogens is 6. The summed E-state index contributed by atoms with van der Waals surface area (Å²) in [5, 5.41) is 16.7. The second-order valence-electron chi connectivity index (χ2n) is 11.3. The minimum Gasteiger partial charge on any atom is -0.382 e. The Labute approximate surface area is 283 Å². The number of nitrogens with two attached hydrogens (primary N) is 4. The van der Waals surface area contributed by atoms with Gasteiger partial charge in [-0.2, -0.15) is 5.21 Å². The van der Waals surface area contributed by atoms with Crippen LogP contribution in [0, 0.1) is 0 Å². The fraction of sp³-hybridized carbons (Fsp3) is 0.375. The molecule has 2 heterocycles. The molecule has 0 aliphatic carbocycles. The smallest absolute Gasteiger partial charge is 0.280 e. The molecular formula is C32H42ClN13O2. The lowest BCUT2D eigenvalue weighted by molar-refractivity contribution is -0.132. The lowest BCUT2D eigenvalue weighted by Gasteiger charge is -2.26. The largest absolute Gasteiger partial charge is 0.382 e. The number of unbranched alkanes of at least 4 members (excludes halogenated alkanes) is 2. The number of nitrogen functional groups attached to an aromatic ring is 2. The van der Waals surface area contributed by atoms with Crippen LogP contribution in [0.2, 0.25) is 5.15 Å². The van der Waals surface area contributed by atoms with Gasteiger partial charge >= 0.3 is 0 Å². The van der Waals surface area contributed by atoms with Crippen molar-refractivity contribution >= 4 is 41.0 Å². The zero-order valence-corrected chi connectivity index (χ0v) is 27.7. The Morgan fingerprint density at radius 1 is 0.938 bits per heavy atom. The molecule has 0 spiro atoms. The molecule has 48 heavy (non-hydrogen) atoms. The summed E-state index contributed by atoms with van der Waals surface area (Å²) in [6.07, 6.45) is 6.03. The topological polar surface area (TPSA) is 246 Å². The maximum atomic E-state index is 13.0. The van der Waals surface area contributed by atoms with Crippen molar-refractivity contribution in [2.24, 2.45) is 16.5 Å². The van der Waals surface area contributed by atoms with Crippen LogP contribution in [0.4, 0.5) is 11.6 Å². The van der Waals surface area contributed by atoms with Crippen LogP contribution in [0.15, 0.2) is 53.5 Å². The highest BCUT2D eigenvalue weighted by Crippen LogP contribution is 2.24. The molecular weight excluding hydrogens is 634 g/mol. The molecule has 16 heteroatoms. The number of benzene rings is 2. The molecule has 0 radical (unpaired) electrons. The van der Waals surface area contributed by atoms with E-state index in [0.29, 0.717) is 31.8 Å². The van der Waals surface area contributed by atoms with Crippen molar-refractivity contribution < 1.29 is 9.59 Å². The number of aryl methyl sites for hydroxylation is 2. The summed E-state index contributed by atoms with van der Waals surface area (Å²) in [6, 6.07) is 16.5. The van der Waals surface area contributed by atoms with Gasteiger partial charge in [0.15, 0.2) is 34.3 Å². The van der Waals surface area contributed by atoms with Crippen molar-refractivity contribution in [3.63, 3.8) is 0 Å². The average molecular weight is 676 g/mol. The highest BCUT2D eigenvalue weighted by Gasteiger charge is 2.24. The lowest BCUT2D eigenvalue weighted by atomic mass is 9.99. The molecule has 0 bridgehead atoms. The van der Waals surface area contributed by atoms with E-state index in [9.17, 15) is 9.59 Å². The Bertz CT molecular complexity index is 1660. The molecule has 0 aliphatic heterocycles. The second-order valence-corrected chi connectivity index (χ2v) is 11.6. The van der Waals surface area contributed by atoms with Gasteiger partial charge in [-0.1, -0.05) is 65.3 Å². The van der Waals surface area contributed by atoms with Gasteiger partial charge in [-0.25, -0.2) is 9.97 Å². The van der Waals surface area contributed by atoms with E-state index in [4.69, 9.17) is 34.5 Å². The van der Waals surface area contributed by atoms with E-state index in [0.717, 1.165) is 55.2 Å². The molecule has 1 unspecified atom stereocenters. The first-order chi connectivity index (χ1) is 23.2. The van der Waals surface area contributed by atoms with E-state index < -0.39 is 5.91 Å². The van der Waals surface area contributed by atoms with Gasteiger partial charge in [0, 0.05) is 20.0 Å². The van der Waals surface area contributed by atoms with Crippen LogP contribution in [-0.4, -0.2) is 73.4 Å². The van der Waals surface area contributed by atoms with Gasteiger partial charge in [-0.15, -0.1) is 10.2 Å². The molecule has 0 saturated carbocycles. The van der Waals surface area contributed by atoms with Crippen LogP contribution < -0.4 is 28.3 Å². The summed E-state index contributed by atoms with van der Waals surface area (Å²) < 4.78 is 0. The number of H-pyrrole nitrogens is 1. The van der Waals surface area contributed by atoms with Gasteiger partial charge in [0.1, 0.15) is 0 Å². The number of hydrogen-bond donors (Lipinski definition) is 6. The Balaban J connectivity index is 1.19. The number of rotatable bonds is 16. The van der Waals surface area contributed by atoms with Crippen molar-refractivity contribution in [3.05, 3.63) is 76.3 Å². The standard InChI is InChI=1S/C32H42ClN13O2/c1-46(24(7-2-4-18-34)30-42-44-45-43-30)25(47)17-12-21-10-15-23(16-11-21)22-13-8-20(9-14-22)6-3-5-19-38-32(37)41-31(48)26-28(35)40-29(36)27(33)39-26/h8-11,13-16,24H,2-7,12,17-19,34H2,1H3,(H4,35,36,40)(H3,37,38,41,48)(H,42,43,44,45). The van der Waals surface area contributed by atoms with E-state index in [1.165, 1.54) is 5.56 Å². The number of nitrogens with zero attached hydrogens (tertiary/aromatic N) is 7. The fourth-order valence-electron chi connectivity index (χ4n) is 5.08. The van der Waals surface area contributed by atoms with Crippen molar-refractivity contribution in [1.29, 1.82) is 0 Å². The van der Waals surface area contributed by atoms with Gasteiger partial charge in [-0.3, -0.25) is 19.9 Å². The van der Waals surface area contributed by atoms with Crippen LogP contribution in [0.1, 0.15) is 72.0 Å². The molecule has 2 amide bonds. The predicted octanol–water partition coefficient (Wildman–Crippen LogP) is 2.80. The normalized spacial score (nSPS) is 12.1. The molecule has 10 N–H and O–H groups in total. The number of carbonyl (C=O) groups is 2. The van der Waals surface area contributed by atoms with Crippen molar-refractivity contribution in [2.75, 3.05) is 31.6 Å². The molecule has 254 valence electrons. The quantitative estimate of drug-likeness (QED) is 0.0572. The number of aliphatic imine (C=N–C) groups is 1. The molecule has 0 saturated heterocycles. The van der Waals surface area contributed by atoms with Gasteiger partial charge in [0.05, 0.1) is 6.04 Å². The van der Waals surface area contributed by atoms with Crippen molar-refractivity contribution in [3.8, 4) is 11.1 Å². The number of nitrogens with one attached hydrogen (secondary N) is 2. The Morgan fingerprint density at radius 2 is 1.60 bits per heavy atom. The third-order valence-corrected chi connectivity index (χ3v) is 8.12. The van der Waals surface area contributed by atoms with E-state index in [1.807, 2.05) is 0 Å². The third-order valence-electron chi connectivity index (χ3n) is 7.84. The lowest BCUT2D eigenvalue weighted by Crippen LogP contribution is -2.38. The number of tetrazole rings is 1. The second kappa shape index (κ2) is 17.7. The maximum absolute atomic E-state index is 13.0. The monoisotopic (exact) mass is 675 g/mol. The summed E-state index contributed by atoms with van der Waals surface area (Å²) in [7, 11) is 1.79. The number of hydrogen-bond acceptors (Lipinski definition) is 11. The van der Waals surface area contributed by atoms with Gasteiger partial charge in [0.25, 0.3) is 5.91 Å². The first kappa shape index (κ1) is 35.7. The number of aromatic amines is 1. The van der Waals surface area contributed by atoms with Gasteiger partial charge < -0.3 is 27.8 Å². The summed E-state index contributed by atoms with van der Waals surface area (Å²) in [4.78, 5) is 38.9. The van der Waals surface area contributed by atoms with Crippen molar-refractivity contribution in [1.82, 2.24) is 40.8 Å². The summed E-state index contributed by atoms with van der Waals surface area (Å²) >= 11 is 5.83. The van der Waals surface area contributed by atoms with E-state index in [2.05, 4.69) is 89.4 Å². The van der Waals surface area contributed by atoms with E-state index in [1.54, 1.807) is 11.9 Å². The maximum Gasteiger partial charge on any atom is 0.280 e. The summed E-state index contributed by atoms with van der Waals surface area (Å²) in [5.41, 5.74) is 27.1. The zero-order chi connectivity index (χ0) is 34.5.